The summed E-state index contributed by atoms with van der Waals surface area (Å²) in [6.45, 7) is 0.133. The van der Waals surface area contributed by atoms with Gasteiger partial charge in [-0.3, -0.25) is 9.59 Å². The first-order valence-electron chi connectivity index (χ1n) is 9.25. The van der Waals surface area contributed by atoms with Crippen molar-refractivity contribution >= 4 is 23.2 Å². The molecule has 1 heterocycles. The van der Waals surface area contributed by atoms with Crippen molar-refractivity contribution < 1.29 is 14.3 Å². The van der Waals surface area contributed by atoms with Crippen LogP contribution in [-0.2, 0) is 9.59 Å². The van der Waals surface area contributed by atoms with Crippen molar-refractivity contribution in [2.24, 2.45) is 0 Å². The molecule has 1 aromatic rings. The molecule has 0 saturated carbocycles. The standard InChI is InChI=1S/C22H20ClNO3/c1-2-11-27-19-10-9-13(12-14(19)23)20-21-15(5-3-7-17(21)25)24-16-6-4-8-18(26)22(16)20/h1,9-10,12,20,24H,3-8,11H2. The summed E-state index contributed by atoms with van der Waals surface area (Å²) in [5.41, 5.74) is 4.23. The Morgan fingerprint density at radius 1 is 1.07 bits per heavy atom. The van der Waals surface area contributed by atoms with Crippen LogP contribution >= 0.6 is 11.6 Å². The SMILES string of the molecule is C#CCOc1ccc(C2C3=C(CCCC3=O)NC3=C2C(=O)CCC3)cc1Cl. The molecule has 0 amide bonds. The van der Waals surface area contributed by atoms with E-state index in [1.165, 1.54) is 0 Å². The van der Waals surface area contributed by atoms with Gasteiger partial charge in [0.25, 0.3) is 0 Å². The molecule has 0 aromatic heterocycles. The summed E-state index contributed by atoms with van der Waals surface area (Å²) in [6, 6.07) is 5.44. The third-order valence-electron chi connectivity index (χ3n) is 5.39. The lowest BCUT2D eigenvalue weighted by Gasteiger charge is -2.37. The summed E-state index contributed by atoms with van der Waals surface area (Å²) in [4.78, 5) is 25.6. The number of ether oxygens (including phenoxy) is 1. The maximum atomic E-state index is 12.8. The average Bonchev–Trinajstić information content (AvgIpc) is 2.66. The highest BCUT2D eigenvalue weighted by molar-refractivity contribution is 6.32. The Hall–Kier alpha value is -2.51. The minimum Gasteiger partial charge on any atom is -0.479 e. The summed E-state index contributed by atoms with van der Waals surface area (Å²) in [6.07, 6.45) is 9.62. The molecular weight excluding hydrogens is 362 g/mol. The topological polar surface area (TPSA) is 55.4 Å². The number of hydrogen-bond acceptors (Lipinski definition) is 4. The summed E-state index contributed by atoms with van der Waals surface area (Å²) < 4.78 is 5.45. The lowest BCUT2D eigenvalue weighted by Crippen LogP contribution is -2.36. The van der Waals surface area contributed by atoms with Gasteiger partial charge in [0, 0.05) is 41.3 Å². The summed E-state index contributed by atoms with van der Waals surface area (Å²) in [5, 5.41) is 3.84. The summed E-state index contributed by atoms with van der Waals surface area (Å²) in [5.74, 6) is 2.79. The highest BCUT2D eigenvalue weighted by Crippen LogP contribution is 2.46. The van der Waals surface area contributed by atoms with E-state index in [9.17, 15) is 9.59 Å². The molecule has 1 aromatic carbocycles. The number of rotatable bonds is 3. The number of carbonyl (C=O) groups excluding carboxylic acids is 2. The smallest absolute Gasteiger partial charge is 0.161 e. The molecule has 0 saturated heterocycles. The number of hydrogen-bond donors (Lipinski definition) is 1. The predicted octanol–water partition coefficient (Wildman–Crippen LogP) is 4.05. The third kappa shape index (κ3) is 3.17. The Labute approximate surface area is 163 Å². The summed E-state index contributed by atoms with van der Waals surface area (Å²) >= 11 is 6.40. The van der Waals surface area contributed by atoms with E-state index < -0.39 is 0 Å². The maximum absolute atomic E-state index is 12.8. The van der Waals surface area contributed by atoms with E-state index >= 15 is 0 Å². The first kappa shape index (κ1) is 17.9. The van der Waals surface area contributed by atoms with Gasteiger partial charge < -0.3 is 10.1 Å². The fourth-order valence-corrected chi connectivity index (χ4v) is 4.49. The number of halogens is 1. The molecule has 0 unspecified atom stereocenters. The number of carbonyl (C=O) groups is 2. The Morgan fingerprint density at radius 2 is 1.70 bits per heavy atom. The molecule has 138 valence electrons. The molecule has 0 spiro atoms. The lowest BCUT2D eigenvalue weighted by molar-refractivity contribution is -0.116. The molecule has 3 aliphatic rings. The zero-order valence-corrected chi connectivity index (χ0v) is 15.7. The van der Waals surface area contributed by atoms with E-state index in [1.807, 2.05) is 6.07 Å². The molecule has 2 aliphatic carbocycles. The Balaban J connectivity index is 1.82. The van der Waals surface area contributed by atoms with Crippen molar-refractivity contribution in [3.63, 3.8) is 0 Å². The second-order valence-electron chi connectivity index (χ2n) is 7.08. The largest absolute Gasteiger partial charge is 0.479 e. The van der Waals surface area contributed by atoms with E-state index in [1.54, 1.807) is 12.1 Å². The first-order chi connectivity index (χ1) is 13.1. The number of benzene rings is 1. The normalized spacial score (nSPS) is 20.0. The molecule has 0 radical (unpaired) electrons. The Morgan fingerprint density at radius 3 is 2.26 bits per heavy atom. The fourth-order valence-electron chi connectivity index (χ4n) is 4.25. The van der Waals surface area contributed by atoms with Gasteiger partial charge in [-0.25, -0.2) is 0 Å². The zero-order valence-electron chi connectivity index (χ0n) is 14.9. The number of nitrogens with one attached hydrogen (secondary N) is 1. The maximum Gasteiger partial charge on any atom is 0.161 e. The van der Waals surface area contributed by atoms with Crippen molar-refractivity contribution in [2.45, 2.75) is 44.4 Å². The molecule has 1 aliphatic heterocycles. The van der Waals surface area contributed by atoms with Gasteiger partial charge >= 0.3 is 0 Å². The van der Waals surface area contributed by atoms with Gasteiger partial charge in [-0.05, 0) is 43.4 Å². The molecule has 0 atom stereocenters. The lowest BCUT2D eigenvalue weighted by atomic mass is 9.71. The predicted molar refractivity (Wildman–Crippen MR) is 103 cm³/mol. The number of ketones is 2. The highest BCUT2D eigenvalue weighted by Gasteiger charge is 2.40. The molecule has 4 nitrogen and oxygen atoms in total. The van der Waals surface area contributed by atoms with Crippen LogP contribution in [-0.4, -0.2) is 18.2 Å². The molecular formula is C22H20ClNO3. The van der Waals surface area contributed by atoms with Gasteiger partial charge in [-0.15, -0.1) is 6.42 Å². The zero-order chi connectivity index (χ0) is 19.0. The van der Waals surface area contributed by atoms with Gasteiger partial charge in [-0.2, -0.15) is 0 Å². The van der Waals surface area contributed by atoms with Gasteiger partial charge in [0.1, 0.15) is 12.4 Å². The first-order valence-corrected chi connectivity index (χ1v) is 9.63. The van der Waals surface area contributed by atoms with E-state index in [2.05, 4.69) is 11.2 Å². The third-order valence-corrected chi connectivity index (χ3v) is 5.69. The second-order valence-corrected chi connectivity index (χ2v) is 7.49. The van der Waals surface area contributed by atoms with E-state index in [-0.39, 0.29) is 24.1 Å². The second kappa shape index (κ2) is 7.25. The fraction of sp³-hybridized carbons (Fsp3) is 0.364. The van der Waals surface area contributed by atoms with Crippen molar-refractivity contribution in [1.29, 1.82) is 0 Å². The van der Waals surface area contributed by atoms with Crippen LogP contribution in [0.1, 0.15) is 50.0 Å². The molecule has 4 rings (SSSR count). The molecule has 1 N–H and O–H groups in total. The van der Waals surface area contributed by atoms with Crippen LogP contribution < -0.4 is 10.1 Å². The van der Waals surface area contributed by atoms with Gasteiger partial charge in [0.15, 0.2) is 11.6 Å². The molecule has 0 fully saturated rings. The Kier molecular flexibility index (Phi) is 4.80. The summed E-state index contributed by atoms with van der Waals surface area (Å²) in [7, 11) is 0. The van der Waals surface area contributed by atoms with Crippen LogP contribution in [0.15, 0.2) is 40.7 Å². The van der Waals surface area contributed by atoms with E-state index in [0.717, 1.165) is 53.8 Å². The van der Waals surface area contributed by atoms with Crippen LogP contribution in [0.3, 0.4) is 0 Å². The van der Waals surface area contributed by atoms with E-state index in [4.69, 9.17) is 22.8 Å². The van der Waals surface area contributed by atoms with Crippen molar-refractivity contribution in [2.75, 3.05) is 6.61 Å². The van der Waals surface area contributed by atoms with Gasteiger partial charge in [0.2, 0.25) is 0 Å². The van der Waals surface area contributed by atoms with Crippen molar-refractivity contribution in [3.8, 4) is 18.1 Å². The number of terminal acetylenes is 1. The quantitative estimate of drug-likeness (QED) is 0.802. The molecule has 27 heavy (non-hydrogen) atoms. The van der Waals surface area contributed by atoms with Crippen LogP contribution in [0.5, 0.6) is 5.75 Å². The minimum atomic E-state index is -0.351. The van der Waals surface area contributed by atoms with Gasteiger partial charge in [-0.1, -0.05) is 23.6 Å². The number of Topliss-reactive ketones (excluding diaryl/α,β-unsaturated/α-hetero) is 2. The van der Waals surface area contributed by atoms with Crippen LogP contribution in [0.25, 0.3) is 0 Å². The molecule has 0 bridgehead atoms. The number of dihydropyridines is 1. The molecule has 5 heteroatoms. The van der Waals surface area contributed by atoms with E-state index in [0.29, 0.717) is 23.6 Å². The highest BCUT2D eigenvalue weighted by atomic mass is 35.5. The van der Waals surface area contributed by atoms with Gasteiger partial charge in [0.05, 0.1) is 5.02 Å². The minimum absolute atomic E-state index is 0.113. The monoisotopic (exact) mass is 381 g/mol. The van der Waals surface area contributed by atoms with Crippen molar-refractivity contribution in [1.82, 2.24) is 5.32 Å². The van der Waals surface area contributed by atoms with Crippen LogP contribution in [0, 0.1) is 12.3 Å². The van der Waals surface area contributed by atoms with Crippen LogP contribution in [0.4, 0.5) is 0 Å². The van der Waals surface area contributed by atoms with Crippen LogP contribution in [0.2, 0.25) is 5.02 Å². The number of allylic oxidation sites excluding steroid dienone is 4. The average molecular weight is 382 g/mol. The van der Waals surface area contributed by atoms with Crippen molar-refractivity contribution in [3.05, 3.63) is 51.3 Å². The Bertz CT molecular complexity index is 893.